The number of rotatable bonds is 3. The van der Waals surface area contributed by atoms with Crippen LogP contribution < -0.4 is 0 Å². The minimum atomic E-state index is 0.269. The molecule has 0 saturated carbocycles. The van der Waals surface area contributed by atoms with Crippen LogP contribution in [0.2, 0.25) is 0 Å². The average Bonchev–Trinajstić information content (AvgIpc) is 2.86. The van der Waals surface area contributed by atoms with Gasteiger partial charge < -0.3 is 9.47 Å². The molecule has 0 fully saturated rings. The van der Waals surface area contributed by atoms with Gasteiger partial charge in [0.25, 0.3) is 0 Å². The van der Waals surface area contributed by atoms with Crippen LogP contribution in [-0.2, 0) is 31.2 Å². The highest BCUT2D eigenvalue weighted by molar-refractivity contribution is 5.76. The van der Waals surface area contributed by atoms with E-state index in [1.54, 1.807) is 0 Å². The van der Waals surface area contributed by atoms with E-state index in [0.717, 1.165) is 25.9 Å². The molecule has 3 rings (SSSR count). The van der Waals surface area contributed by atoms with Crippen molar-refractivity contribution in [3.05, 3.63) is 58.9 Å². The number of nitrogens with zero attached hydrogens (tertiary/aromatic N) is 2. The first-order chi connectivity index (χ1) is 10.1. The molecule has 1 aromatic carbocycles. The van der Waals surface area contributed by atoms with Gasteiger partial charge in [-0.3, -0.25) is 4.79 Å². The maximum absolute atomic E-state index is 12.4. The Morgan fingerprint density at radius 2 is 2.14 bits per heavy atom. The fraction of sp³-hybridized carbons (Fsp3) is 0.389. The molecule has 0 atom stereocenters. The average molecular weight is 282 g/mol. The van der Waals surface area contributed by atoms with Gasteiger partial charge in [0.05, 0.1) is 0 Å². The Morgan fingerprint density at radius 3 is 2.95 bits per heavy atom. The summed E-state index contributed by atoms with van der Waals surface area (Å²) < 4.78 is 2.17. The molecule has 1 aliphatic rings. The van der Waals surface area contributed by atoms with Crippen LogP contribution in [0.15, 0.2) is 36.5 Å². The van der Waals surface area contributed by atoms with E-state index >= 15 is 0 Å². The van der Waals surface area contributed by atoms with Gasteiger partial charge in [-0.15, -0.1) is 0 Å². The van der Waals surface area contributed by atoms with Crippen molar-refractivity contribution in [1.29, 1.82) is 0 Å². The number of amides is 1. The molecule has 3 heteroatoms. The summed E-state index contributed by atoms with van der Waals surface area (Å²) in [6, 6.07) is 10.6. The minimum absolute atomic E-state index is 0.269. The van der Waals surface area contributed by atoms with Gasteiger partial charge in [-0.05, 0) is 30.5 Å². The number of fused-ring (bicyclic) bond motifs is 1. The van der Waals surface area contributed by atoms with Gasteiger partial charge in [0.1, 0.15) is 0 Å². The van der Waals surface area contributed by atoms with Crippen LogP contribution in [0.5, 0.6) is 0 Å². The molecule has 1 aliphatic heterocycles. The molecule has 0 radical (unpaired) electrons. The molecule has 0 spiro atoms. The molecule has 0 bridgehead atoms. The van der Waals surface area contributed by atoms with Crippen LogP contribution >= 0.6 is 0 Å². The van der Waals surface area contributed by atoms with Crippen molar-refractivity contribution in [3.63, 3.8) is 0 Å². The van der Waals surface area contributed by atoms with E-state index in [0.29, 0.717) is 6.42 Å². The van der Waals surface area contributed by atoms with E-state index in [-0.39, 0.29) is 5.91 Å². The SMILES string of the molecule is Cc1cccc(CCC(=O)N2CCc3c(ccn3C)C2)c1. The highest BCUT2D eigenvalue weighted by Crippen LogP contribution is 2.20. The first-order valence-corrected chi connectivity index (χ1v) is 7.60. The zero-order chi connectivity index (χ0) is 14.8. The van der Waals surface area contributed by atoms with E-state index in [9.17, 15) is 4.79 Å². The number of carbonyl (C=O) groups is 1. The third kappa shape index (κ3) is 3.02. The predicted octanol–water partition coefficient (Wildman–Crippen LogP) is 2.85. The van der Waals surface area contributed by atoms with Gasteiger partial charge >= 0.3 is 0 Å². The van der Waals surface area contributed by atoms with Gasteiger partial charge in [0.15, 0.2) is 0 Å². The standard InChI is InChI=1S/C18H22N2O/c1-14-4-3-5-15(12-14)6-7-18(21)20-11-9-17-16(13-20)8-10-19(17)2/h3-5,8,10,12H,6-7,9,11,13H2,1-2H3. The highest BCUT2D eigenvalue weighted by Gasteiger charge is 2.21. The summed E-state index contributed by atoms with van der Waals surface area (Å²) in [5, 5.41) is 0. The van der Waals surface area contributed by atoms with Crippen molar-refractivity contribution >= 4 is 5.91 Å². The smallest absolute Gasteiger partial charge is 0.223 e. The largest absolute Gasteiger partial charge is 0.354 e. The van der Waals surface area contributed by atoms with Crippen LogP contribution in [0.1, 0.15) is 28.8 Å². The zero-order valence-electron chi connectivity index (χ0n) is 12.8. The lowest BCUT2D eigenvalue weighted by Gasteiger charge is -2.28. The van der Waals surface area contributed by atoms with Crippen LogP contribution in [0.25, 0.3) is 0 Å². The molecular weight excluding hydrogens is 260 g/mol. The first kappa shape index (κ1) is 13.9. The summed E-state index contributed by atoms with van der Waals surface area (Å²) in [6.07, 6.45) is 4.49. The third-order valence-electron chi connectivity index (χ3n) is 4.34. The van der Waals surface area contributed by atoms with Crippen molar-refractivity contribution in [3.8, 4) is 0 Å². The fourth-order valence-corrected chi connectivity index (χ4v) is 3.11. The summed E-state index contributed by atoms with van der Waals surface area (Å²) in [5.74, 6) is 0.269. The van der Waals surface area contributed by atoms with Gasteiger partial charge in [0.2, 0.25) is 5.91 Å². The van der Waals surface area contributed by atoms with Crippen molar-refractivity contribution in [2.24, 2.45) is 7.05 Å². The van der Waals surface area contributed by atoms with E-state index < -0.39 is 0 Å². The van der Waals surface area contributed by atoms with Crippen LogP contribution in [0.3, 0.4) is 0 Å². The quantitative estimate of drug-likeness (QED) is 0.850. The Morgan fingerprint density at radius 1 is 1.29 bits per heavy atom. The molecule has 2 heterocycles. The maximum atomic E-state index is 12.4. The van der Waals surface area contributed by atoms with Gasteiger partial charge in [-0.1, -0.05) is 29.8 Å². The number of carbonyl (C=O) groups excluding carboxylic acids is 1. The Balaban J connectivity index is 1.59. The molecule has 2 aromatic rings. The van der Waals surface area contributed by atoms with Gasteiger partial charge in [0, 0.05) is 44.9 Å². The van der Waals surface area contributed by atoms with Crippen molar-refractivity contribution in [2.45, 2.75) is 32.7 Å². The monoisotopic (exact) mass is 282 g/mol. The van der Waals surface area contributed by atoms with Gasteiger partial charge in [-0.25, -0.2) is 0 Å². The Labute approximate surface area is 126 Å². The molecule has 110 valence electrons. The Bertz CT molecular complexity index is 657. The maximum Gasteiger partial charge on any atom is 0.223 e. The number of hydrogen-bond donors (Lipinski definition) is 0. The molecule has 1 aromatic heterocycles. The molecule has 0 N–H and O–H groups in total. The van der Waals surface area contributed by atoms with Crippen LogP contribution in [0, 0.1) is 6.92 Å². The fourth-order valence-electron chi connectivity index (χ4n) is 3.11. The second-order valence-electron chi connectivity index (χ2n) is 5.95. The van der Waals surface area contributed by atoms with E-state index in [2.05, 4.69) is 55.1 Å². The number of hydrogen-bond acceptors (Lipinski definition) is 1. The van der Waals surface area contributed by atoms with E-state index in [1.807, 2.05) is 4.90 Å². The second kappa shape index (κ2) is 5.76. The predicted molar refractivity (Wildman–Crippen MR) is 84.0 cm³/mol. The number of benzene rings is 1. The highest BCUT2D eigenvalue weighted by atomic mass is 16.2. The summed E-state index contributed by atoms with van der Waals surface area (Å²) in [7, 11) is 2.08. The van der Waals surface area contributed by atoms with E-state index in [1.165, 1.54) is 22.4 Å². The Hall–Kier alpha value is -2.03. The van der Waals surface area contributed by atoms with Crippen LogP contribution in [0.4, 0.5) is 0 Å². The van der Waals surface area contributed by atoms with Crippen molar-refractivity contribution < 1.29 is 4.79 Å². The normalized spacial score (nSPS) is 14.1. The molecular formula is C18H22N2O. The van der Waals surface area contributed by atoms with Gasteiger partial charge in [-0.2, -0.15) is 0 Å². The van der Waals surface area contributed by atoms with E-state index in [4.69, 9.17) is 0 Å². The zero-order valence-corrected chi connectivity index (χ0v) is 12.8. The summed E-state index contributed by atoms with van der Waals surface area (Å²) in [4.78, 5) is 14.4. The molecule has 21 heavy (non-hydrogen) atoms. The summed E-state index contributed by atoms with van der Waals surface area (Å²) >= 11 is 0. The molecule has 0 unspecified atom stereocenters. The first-order valence-electron chi connectivity index (χ1n) is 7.60. The second-order valence-corrected chi connectivity index (χ2v) is 5.95. The summed E-state index contributed by atoms with van der Waals surface area (Å²) in [6.45, 7) is 3.70. The Kier molecular flexibility index (Phi) is 3.82. The molecule has 0 aliphatic carbocycles. The number of aromatic nitrogens is 1. The minimum Gasteiger partial charge on any atom is -0.354 e. The molecule has 0 saturated heterocycles. The molecule has 1 amide bonds. The lowest BCUT2D eigenvalue weighted by atomic mass is 10.0. The third-order valence-corrected chi connectivity index (χ3v) is 4.34. The van der Waals surface area contributed by atoms with Crippen molar-refractivity contribution in [2.75, 3.05) is 6.54 Å². The van der Waals surface area contributed by atoms with Crippen molar-refractivity contribution in [1.82, 2.24) is 9.47 Å². The topological polar surface area (TPSA) is 25.2 Å². The lowest BCUT2D eigenvalue weighted by Crippen LogP contribution is -2.36. The lowest BCUT2D eigenvalue weighted by molar-refractivity contribution is -0.132. The molecule has 3 nitrogen and oxygen atoms in total. The van der Waals surface area contributed by atoms with Crippen LogP contribution in [-0.4, -0.2) is 21.9 Å². The summed E-state index contributed by atoms with van der Waals surface area (Å²) in [5.41, 5.74) is 5.18. The number of aryl methyl sites for hydroxylation is 3.